The van der Waals surface area contributed by atoms with Crippen LogP contribution in [0.5, 0.6) is 0 Å². The van der Waals surface area contributed by atoms with Crippen LogP contribution in [0.2, 0.25) is 5.02 Å². The van der Waals surface area contributed by atoms with E-state index in [1.807, 2.05) is 29.7 Å². The molecule has 0 aliphatic carbocycles. The van der Waals surface area contributed by atoms with Crippen LogP contribution in [0.1, 0.15) is 11.3 Å². The Labute approximate surface area is 185 Å². The van der Waals surface area contributed by atoms with Gasteiger partial charge < -0.3 is 5.73 Å². The maximum absolute atomic E-state index is 14.3. The van der Waals surface area contributed by atoms with Crippen molar-refractivity contribution in [1.82, 2.24) is 23.1 Å². The van der Waals surface area contributed by atoms with Crippen LogP contribution in [0.3, 0.4) is 0 Å². The number of halogens is 2. The molecule has 5 aromatic rings. The SMILES string of the molecule is Cc1cn2c3c(=O)n(Cc4c(F)cccc4Cl)c(=O)n(C)c3nc2n1-c1ccccc1N. The number of imidazole rings is 2. The average molecular weight is 453 g/mol. The topological polar surface area (TPSA) is 92.2 Å². The van der Waals surface area contributed by atoms with E-state index in [-0.39, 0.29) is 28.3 Å². The number of aryl methyl sites for hydroxylation is 2. The zero-order valence-electron chi connectivity index (χ0n) is 17.2. The number of nitrogen functional groups attached to an aromatic ring is 1. The van der Waals surface area contributed by atoms with E-state index in [0.29, 0.717) is 17.2 Å². The summed E-state index contributed by atoms with van der Waals surface area (Å²) in [4.78, 5) is 31.0. The molecule has 2 N–H and O–H groups in total. The van der Waals surface area contributed by atoms with Gasteiger partial charge in [-0.3, -0.25) is 22.9 Å². The highest BCUT2D eigenvalue weighted by Crippen LogP contribution is 2.25. The lowest BCUT2D eigenvalue weighted by molar-refractivity contribution is 0.582. The number of nitrogens with two attached hydrogens (primary N) is 1. The summed E-state index contributed by atoms with van der Waals surface area (Å²) in [6.45, 7) is 1.57. The third-order valence-corrected chi connectivity index (χ3v) is 5.94. The summed E-state index contributed by atoms with van der Waals surface area (Å²) in [7, 11) is 1.52. The standard InChI is InChI=1S/C22H18ClFN6O2/c1-12-10-28-18-19(26-21(28)30(12)17-9-4-3-8-16(17)25)27(2)22(32)29(20(18)31)11-13-14(23)6-5-7-15(13)24/h3-10H,11,25H2,1-2H3. The van der Waals surface area contributed by atoms with E-state index in [4.69, 9.17) is 17.3 Å². The number of rotatable bonds is 3. The molecular weight excluding hydrogens is 435 g/mol. The first kappa shape index (κ1) is 20.1. The number of fused-ring (bicyclic) bond motifs is 3. The summed E-state index contributed by atoms with van der Waals surface area (Å²) in [6, 6.07) is 11.5. The molecule has 0 amide bonds. The lowest BCUT2D eigenvalue weighted by Crippen LogP contribution is -2.39. The number of anilines is 1. The number of hydrogen-bond acceptors (Lipinski definition) is 4. The highest BCUT2D eigenvalue weighted by atomic mass is 35.5. The Morgan fingerprint density at radius 2 is 1.88 bits per heavy atom. The van der Waals surface area contributed by atoms with Crippen molar-refractivity contribution in [1.29, 1.82) is 0 Å². The van der Waals surface area contributed by atoms with Gasteiger partial charge in [0.2, 0.25) is 5.78 Å². The van der Waals surface area contributed by atoms with Crippen molar-refractivity contribution in [3.63, 3.8) is 0 Å². The summed E-state index contributed by atoms with van der Waals surface area (Å²) in [5.74, 6) is -0.157. The number of aromatic nitrogens is 5. The molecule has 2 aromatic carbocycles. The second-order valence-corrected chi connectivity index (χ2v) is 7.96. The van der Waals surface area contributed by atoms with Crippen molar-refractivity contribution in [3.8, 4) is 5.69 Å². The second-order valence-electron chi connectivity index (χ2n) is 7.55. The van der Waals surface area contributed by atoms with Crippen LogP contribution >= 0.6 is 11.6 Å². The highest BCUT2D eigenvalue weighted by Gasteiger charge is 2.22. The van der Waals surface area contributed by atoms with E-state index in [1.54, 1.807) is 16.7 Å². The van der Waals surface area contributed by atoms with Gasteiger partial charge in [0, 0.05) is 29.5 Å². The molecule has 3 aromatic heterocycles. The minimum atomic E-state index is -0.620. The second kappa shape index (κ2) is 7.10. The Hall–Kier alpha value is -3.85. The van der Waals surface area contributed by atoms with Gasteiger partial charge in [0.25, 0.3) is 5.56 Å². The number of benzene rings is 2. The first-order chi connectivity index (χ1) is 15.3. The summed E-state index contributed by atoms with van der Waals surface area (Å²) in [5.41, 5.74) is 7.48. The quantitative estimate of drug-likeness (QED) is 0.426. The molecule has 3 heterocycles. The van der Waals surface area contributed by atoms with Gasteiger partial charge in [-0.2, -0.15) is 4.98 Å². The molecule has 32 heavy (non-hydrogen) atoms. The van der Waals surface area contributed by atoms with E-state index >= 15 is 0 Å². The van der Waals surface area contributed by atoms with Crippen LogP contribution in [0, 0.1) is 12.7 Å². The predicted octanol–water partition coefficient (Wildman–Crippen LogP) is 2.87. The van der Waals surface area contributed by atoms with Gasteiger partial charge in [0.1, 0.15) is 5.82 Å². The minimum absolute atomic E-state index is 0.0688. The smallest absolute Gasteiger partial charge is 0.332 e. The van der Waals surface area contributed by atoms with Crippen molar-refractivity contribution in [2.24, 2.45) is 7.05 Å². The molecule has 0 saturated heterocycles. The number of hydrogen-bond donors (Lipinski definition) is 1. The molecule has 0 radical (unpaired) electrons. The molecule has 0 aliphatic rings. The van der Waals surface area contributed by atoms with Crippen LogP contribution in [-0.4, -0.2) is 23.1 Å². The summed E-state index contributed by atoms with van der Waals surface area (Å²) in [5, 5.41) is 0.138. The average Bonchev–Trinajstić information content (AvgIpc) is 3.27. The maximum atomic E-state index is 14.3. The Balaban J connectivity index is 1.83. The molecule has 0 bridgehead atoms. The van der Waals surface area contributed by atoms with Crippen molar-refractivity contribution >= 4 is 34.2 Å². The molecule has 10 heteroatoms. The largest absolute Gasteiger partial charge is 0.397 e. The van der Waals surface area contributed by atoms with Gasteiger partial charge in [-0.15, -0.1) is 0 Å². The van der Waals surface area contributed by atoms with E-state index in [2.05, 4.69) is 4.98 Å². The maximum Gasteiger partial charge on any atom is 0.332 e. The molecule has 0 unspecified atom stereocenters. The minimum Gasteiger partial charge on any atom is -0.397 e. The zero-order valence-corrected chi connectivity index (χ0v) is 18.0. The normalized spacial score (nSPS) is 11.6. The first-order valence-corrected chi connectivity index (χ1v) is 10.1. The summed E-state index contributed by atoms with van der Waals surface area (Å²) in [6.07, 6.45) is 1.75. The van der Waals surface area contributed by atoms with Gasteiger partial charge in [0.05, 0.1) is 17.9 Å². The van der Waals surface area contributed by atoms with Crippen molar-refractivity contribution in [2.75, 3.05) is 5.73 Å². The van der Waals surface area contributed by atoms with Crippen molar-refractivity contribution in [3.05, 3.63) is 91.6 Å². The fourth-order valence-electron chi connectivity index (χ4n) is 3.98. The lowest BCUT2D eigenvalue weighted by Gasteiger charge is -2.10. The Kier molecular flexibility index (Phi) is 4.45. The molecule has 8 nitrogen and oxygen atoms in total. The van der Waals surface area contributed by atoms with Crippen LogP contribution in [0.15, 0.2) is 58.3 Å². The van der Waals surface area contributed by atoms with Gasteiger partial charge in [-0.1, -0.05) is 29.8 Å². The van der Waals surface area contributed by atoms with Gasteiger partial charge >= 0.3 is 5.69 Å². The molecule has 0 spiro atoms. The fraction of sp³-hybridized carbons (Fsp3) is 0.136. The Morgan fingerprint density at radius 1 is 1.12 bits per heavy atom. The van der Waals surface area contributed by atoms with Gasteiger partial charge in [-0.25, -0.2) is 9.18 Å². The first-order valence-electron chi connectivity index (χ1n) is 9.77. The summed E-state index contributed by atoms with van der Waals surface area (Å²) >= 11 is 6.13. The molecule has 0 aliphatic heterocycles. The molecule has 0 atom stereocenters. The fourth-order valence-corrected chi connectivity index (χ4v) is 4.20. The van der Waals surface area contributed by atoms with E-state index in [9.17, 15) is 14.0 Å². The Bertz CT molecular complexity index is 1640. The predicted molar refractivity (Wildman–Crippen MR) is 121 cm³/mol. The molecule has 5 rings (SSSR count). The third kappa shape index (κ3) is 2.78. The number of para-hydroxylation sites is 2. The molecular formula is C22H18ClFN6O2. The van der Waals surface area contributed by atoms with Crippen LogP contribution < -0.4 is 17.0 Å². The molecule has 0 saturated carbocycles. The summed E-state index contributed by atoms with van der Waals surface area (Å²) < 4.78 is 20.0. The van der Waals surface area contributed by atoms with E-state index in [0.717, 1.165) is 10.3 Å². The van der Waals surface area contributed by atoms with Gasteiger partial charge in [-0.05, 0) is 31.2 Å². The van der Waals surface area contributed by atoms with Crippen molar-refractivity contribution < 1.29 is 4.39 Å². The van der Waals surface area contributed by atoms with Crippen LogP contribution in [-0.2, 0) is 13.6 Å². The highest BCUT2D eigenvalue weighted by molar-refractivity contribution is 6.31. The van der Waals surface area contributed by atoms with Crippen LogP contribution in [0.25, 0.3) is 22.6 Å². The van der Waals surface area contributed by atoms with E-state index in [1.165, 1.54) is 29.8 Å². The molecule has 162 valence electrons. The van der Waals surface area contributed by atoms with Gasteiger partial charge in [0.15, 0.2) is 11.2 Å². The number of nitrogens with zero attached hydrogens (tertiary/aromatic N) is 5. The Morgan fingerprint density at radius 3 is 2.59 bits per heavy atom. The lowest BCUT2D eigenvalue weighted by atomic mass is 10.2. The molecule has 0 fully saturated rings. The van der Waals surface area contributed by atoms with Crippen LogP contribution in [0.4, 0.5) is 10.1 Å². The zero-order chi connectivity index (χ0) is 22.7. The van der Waals surface area contributed by atoms with E-state index < -0.39 is 17.1 Å². The monoisotopic (exact) mass is 452 g/mol. The third-order valence-electron chi connectivity index (χ3n) is 5.58. The van der Waals surface area contributed by atoms with Crippen molar-refractivity contribution in [2.45, 2.75) is 13.5 Å².